The number of rotatable bonds is 9. The van der Waals surface area contributed by atoms with Crippen LogP contribution >= 0.6 is 45.5 Å². The smallest absolute Gasteiger partial charge is 0.271 e. The van der Waals surface area contributed by atoms with E-state index in [1.54, 1.807) is 18.3 Å². The normalized spacial score (nSPS) is 10.9. The molecule has 0 aliphatic rings. The summed E-state index contributed by atoms with van der Waals surface area (Å²) >= 11 is 9.73. The summed E-state index contributed by atoms with van der Waals surface area (Å²) in [4.78, 5) is 17.2. The van der Waals surface area contributed by atoms with Crippen molar-refractivity contribution in [3.63, 3.8) is 0 Å². The molecule has 0 saturated heterocycles. The van der Waals surface area contributed by atoms with Gasteiger partial charge < -0.3 is 10.1 Å². The van der Waals surface area contributed by atoms with Gasteiger partial charge in [0, 0.05) is 30.8 Å². The highest BCUT2D eigenvalue weighted by Crippen LogP contribution is 2.28. The predicted octanol–water partition coefficient (Wildman–Crippen LogP) is 8.15. The molecule has 0 fully saturated rings. The lowest BCUT2D eigenvalue weighted by atomic mass is 10.1. The molecule has 39 heavy (non-hydrogen) atoms. The fourth-order valence-corrected chi connectivity index (χ4v) is 4.77. The fourth-order valence-electron chi connectivity index (χ4n) is 3.54. The molecule has 5 rings (SSSR count). The van der Waals surface area contributed by atoms with Crippen LogP contribution in [-0.2, 0) is 6.61 Å². The number of halogens is 2. The molecule has 2 N–H and O–H groups in total. The van der Waals surface area contributed by atoms with Crippen LogP contribution in [-0.4, -0.2) is 17.1 Å². The highest BCUT2D eigenvalue weighted by atomic mass is 127. The average molecular weight is 665 g/mol. The molecule has 1 amide bonds. The summed E-state index contributed by atoms with van der Waals surface area (Å²) < 4.78 is 7.02. The molecule has 0 saturated carbocycles. The highest BCUT2D eigenvalue weighted by Gasteiger charge is 2.08. The van der Waals surface area contributed by atoms with Crippen LogP contribution in [0.3, 0.4) is 0 Å². The van der Waals surface area contributed by atoms with Crippen molar-refractivity contribution < 1.29 is 9.53 Å². The van der Waals surface area contributed by atoms with Gasteiger partial charge >= 0.3 is 0 Å². The number of hydrazone groups is 1. The standard InChI is InChI=1S/C30H22ClIN4O2S/c31-24-9-13-26(14-10-24)34-30-35-28(19-39-30)22-5-7-23(8-6-22)29(37)36-33-17-20-3-15-27(16-4-20)38-18-21-1-11-25(32)12-2-21/h1-17,19H,18H2,(H,34,35)(H,36,37)/b33-17-. The van der Waals surface area contributed by atoms with Crippen LogP contribution in [0.2, 0.25) is 5.02 Å². The Morgan fingerprint density at radius 3 is 2.38 bits per heavy atom. The maximum Gasteiger partial charge on any atom is 0.271 e. The van der Waals surface area contributed by atoms with Gasteiger partial charge in [-0.1, -0.05) is 35.9 Å². The van der Waals surface area contributed by atoms with E-state index in [2.05, 4.69) is 67.7 Å². The van der Waals surface area contributed by atoms with Crippen molar-refractivity contribution >= 4 is 68.5 Å². The Kier molecular flexibility index (Phi) is 8.87. The Morgan fingerprint density at radius 1 is 0.949 bits per heavy atom. The lowest BCUT2D eigenvalue weighted by Gasteiger charge is -2.06. The molecule has 0 radical (unpaired) electrons. The van der Waals surface area contributed by atoms with Crippen molar-refractivity contribution in [1.82, 2.24) is 10.4 Å². The predicted molar refractivity (Wildman–Crippen MR) is 167 cm³/mol. The first-order chi connectivity index (χ1) is 19.0. The molecule has 0 spiro atoms. The Hall–Kier alpha value is -3.73. The summed E-state index contributed by atoms with van der Waals surface area (Å²) in [5.74, 6) is 0.474. The average Bonchev–Trinajstić information content (AvgIpc) is 3.43. The van der Waals surface area contributed by atoms with E-state index in [9.17, 15) is 4.79 Å². The summed E-state index contributed by atoms with van der Waals surface area (Å²) in [6, 6.07) is 30.4. The van der Waals surface area contributed by atoms with Crippen LogP contribution < -0.4 is 15.5 Å². The number of carbonyl (C=O) groups excluding carboxylic acids is 1. The van der Waals surface area contributed by atoms with Crippen molar-refractivity contribution in [3.8, 4) is 17.0 Å². The first-order valence-corrected chi connectivity index (χ1v) is 14.2. The molecule has 0 unspecified atom stereocenters. The van der Waals surface area contributed by atoms with E-state index in [-0.39, 0.29) is 5.91 Å². The van der Waals surface area contributed by atoms with Crippen LogP contribution in [0.1, 0.15) is 21.5 Å². The summed E-state index contributed by atoms with van der Waals surface area (Å²) in [5.41, 5.74) is 7.69. The molecule has 6 nitrogen and oxygen atoms in total. The zero-order chi connectivity index (χ0) is 27.0. The third kappa shape index (κ3) is 7.66. The minimum absolute atomic E-state index is 0.293. The number of thiazole rings is 1. The molecule has 1 aromatic heterocycles. The topological polar surface area (TPSA) is 75.6 Å². The molecule has 1 heterocycles. The molecular formula is C30H22ClIN4O2S. The second-order valence-corrected chi connectivity index (χ2v) is 11.0. The number of amides is 1. The summed E-state index contributed by atoms with van der Waals surface area (Å²) in [7, 11) is 0. The molecule has 0 atom stereocenters. The van der Waals surface area contributed by atoms with Crippen LogP contribution in [0.15, 0.2) is 108 Å². The SMILES string of the molecule is O=C(N/N=C\c1ccc(OCc2ccc(I)cc2)cc1)c1ccc(-c2csc(Nc3ccc(Cl)cc3)n2)cc1. The number of hydrogen-bond donors (Lipinski definition) is 2. The van der Waals surface area contributed by atoms with E-state index in [1.165, 1.54) is 14.9 Å². The van der Waals surface area contributed by atoms with Gasteiger partial charge in [0.15, 0.2) is 5.13 Å². The molecule has 0 bridgehead atoms. The largest absolute Gasteiger partial charge is 0.489 e. The number of nitrogens with zero attached hydrogens (tertiary/aromatic N) is 2. The van der Waals surface area contributed by atoms with Crippen LogP contribution in [0.5, 0.6) is 5.75 Å². The molecule has 4 aromatic carbocycles. The summed E-state index contributed by atoms with van der Waals surface area (Å²) in [6.07, 6.45) is 1.60. The van der Waals surface area contributed by atoms with Gasteiger partial charge in [0.2, 0.25) is 0 Å². The fraction of sp³-hybridized carbons (Fsp3) is 0.0333. The third-order valence-corrected chi connectivity index (χ3v) is 7.35. The molecule has 5 aromatic rings. The monoisotopic (exact) mass is 664 g/mol. The minimum atomic E-state index is -0.293. The van der Waals surface area contributed by atoms with Crippen LogP contribution in [0, 0.1) is 3.57 Å². The van der Waals surface area contributed by atoms with Gasteiger partial charge in [-0.05, 0) is 107 Å². The van der Waals surface area contributed by atoms with Crippen molar-refractivity contribution in [2.24, 2.45) is 5.10 Å². The molecule has 9 heteroatoms. The van der Waals surface area contributed by atoms with Gasteiger partial charge in [0.05, 0.1) is 11.9 Å². The maximum absolute atomic E-state index is 12.5. The van der Waals surface area contributed by atoms with E-state index in [0.29, 0.717) is 17.2 Å². The quantitative estimate of drug-likeness (QED) is 0.0948. The third-order valence-electron chi connectivity index (χ3n) is 5.62. The Morgan fingerprint density at radius 2 is 1.67 bits per heavy atom. The van der Waals surface area contributed by atoms with Gasteiger partial charge in [0.1, 0.15) is 12.4 Å². The molecule has 194 valence electrons. The molecule has 0 aliphatic heterocycles. The van der Waals surface area contributed by atoms with Crippen molar-refractivity contribution in [1.29, 1.82) is 0 Å². The van der Waals surface area contributed by atoms with Gasteiger partial charge in [0.25, 0.3) is 5.91 Å². The highest BCUT2D eigenvalue weighted by molar-refractivity contribution is 14.1. The number of benzene rings is 4. The van der Waals surface area contributed by atoms with E-state index < -0.39 is 0 Å². The number of anilines is 2. The van der Waals surface area contributed by atoms with E-state index >= 15 is 0 Å². The summed E-state index contributed by atoms with van der Waals surface area (Å²) in [5, 5.41) is 10.8. The van der Waals surface area contributed by atoms with Gasteiger partial charge in [-0.15, -0.1) is 11.3 Å². The molecular weight excluding hydrogens is 643 g/mol. The van der Waals surface area contributed by atoms with Crippen molar-refractivity contribution in [2.45, 2.75) is 6.61 Å². The maximum atomic E-state index is 12.5. The van der Waals surface area contributed by atoms with E-state index in [0.717, 1.165) is 39.0 Å². The first-order valence-electron chi connectivity index (χ1n) is 11.9. The second kappa shape index (κ2) is 12.9. The number of nitrogens with one attached hydrogen (secondary N) is 2. The number of carbonyl (C=O) groups is 1. The van der Waals surface area contributed by atoms with Crippen LogP contribution in [0.25, 0.3) is 11.3 Å². The number of hydrogen-bond acceptors (Lipinski definition) is 6. The zero-order valence-corrected chi connectivity index (χ0v) is 24.2. The van der Waals surface area contributed by atoms with E-state index in [1.807, 2.05) is 66.0 Å². The Bertz CT molecular complexity index is 1570. The molecule has 0 aliphatic carbocycles. The zero-order valence-electron chi connectivity index (χ0n) is 20.5. The number of aromatic nitrogens is 1. The number of ether oxygens (including phenoxy) is 1. The minimum Gasteiger partial charge on any atom is -0.489 e. The van der Waals surface area contributed by atoms with Gasteiger partial charge in [-0.2, -0.15) is 5.10 Å². The van der Waals surface area contributed by atoms with Gasteiger partial charge in [-0.25, -0.2) is 10.4 Å². The van der Waals surface area contributed by atoms with Crippen molar-refractivity contribution in [3.05, 3.63) is 128 Å². The van der Waals surface area contributed by atoms with Crippen LogP contribution in [0.4, 0.5) is 10.8 Å². The summed E-state index contributed by atoms with van der Waals surface area (Å²) in [6.45, 7) is 0.503. The lowest BCUT2D eigenvalue weighted by molar-refractivity contribution is 0.0955. The Labute approximate surface area is 248 Å². The van der Waals surface area contributed by atoms with E-state index in [4.69, 9.17) is 16.3 Å². The first kappa shape index (κ1) is 26.9. The lowest BCUT2D eigenvalue weighted by Crippen LogP contribution is -2.17. The Balaban J connectivity index is 1.11. The van der Waals surface area contributed by atoms with Gasteiger partial charge in [-0.3, -0.25) is 4.79 Å². The second-order valence-electron chi connectivity index (χ2n) is 8.43. The van der Waals surface area contributed by atoms with Crippen molar-refractivity contribution in [2.75, 3.05) is 5.32 Å².